The van der Waals surface area contributed by atoms with Crippen LogP contribution in [0.1, 0.15) is 13.8 Å². The van der Waals surface area contributed by atoms with Crippen molar-refractivity contribution in [1.29, 1.82) is 5.26 Å². The summed E-state index contributed by atoms with van der Waals surface area (Å²) in [7, 11) is 0. The van der Waals surface area contributed by atoms with E-state index in [1.54, 1.807) is 0 Å². The predicted octanol–water partition coefficient (Wildman–Crippen LogP) is 2.89. The van der Waals surface area contributed by atoms with Gasteiger partial charge >= 0.3 is 0 Å². The van der Waals surface area contributed by atoms with E-state index in [4.69, 9.17) is 10.00 Å². The second kappa shape index (κ2) is 6.81. The van der Waals surface area contributed by atoms with Gasteiger partial charge in [0.1, 0.15) is 5.75 Å². The SMILES string of the molecule is CSC(=Nc1ccc(OC(C)C)cc1)NC#N. The van der Waals surface area contributed by atoms with Crippen molar-refractivity contribution in [2.75, 3.05) is 6.26 Å². The summed E-state index contributed by atoms with van der Waals surface area (Å²) in [4.78, 5) is 4.28. The van der Waals surface area contributed by atoms with E-state index in [0.717, 1.165) is 11.4 Å². The van der Waals surface area contributed by atoms with Crippen LogP contribution in [0.5, 0.6) is 5.75 Å². The molecule has 90 valence electrons. The maximum atomic E-state index is 8.51. The van der Waals surface area contributed by atoms with Gasteiger partial charge in [-0.2, -0.15) is 5.26 Å². The summed E-state index contributed by atoms with van der Waals surface area (Å²) in [6.45, 7) is 3.96. The Bertz CT molecular complexity index is 420. The Morgan fingerprint density at radius 1 is 1.41 bits per heavy atom. The van der Waals surface area contributed by atoms with Crippen LogP contribution in [-0.2, 0) is 0 Å². The first-order valence-electron chi connectivity index (χ1n) is 5.20. The Balaban J connectivity index is 2.77. The highest BCUT2D eigenvalue weighted by Gasteiger charge is 1.99. The highest BCUT2D eigenvalue weighted by molar-refractivity contribution is 8.13. The van der Waals surface area contributed by atoms with Gasteiger partial charge in [0.15, 0.2) is 11.4 Å². The molecule has 1 aromatic carbocycles. The lowest BCUT2D eigenvalue weighted by molar-refractivity contribution is 0.242. The number of thioether (sulfide) groups is 1. The predicted molar refractivity (Wildman–Crippen MR) is 71.6 cm³/mol. The summed E-state index contributed by atoms with van der Waals surface area (Å²) >= 11 is 1.39. The lowest BCUT2D eigenvalue weighted by Gasteiger charge is -2.09. The summed E-state index contributed by atoms with van der Waals surface area (Å²) in [5, 5.41) is 11.6. The molecule has 1 rings (SSSR count). The Hall–Kier alpha value is -1.67. The summed E-state index contributed by atoms with van der Waals surface area (Å²) < 4.78 is 5.53. The number of nitrogens with zero attached hydrogens (tertiary/aromatic N) is 2. The number of hydrogen-bond acceptors (Lipinski definition) is 4. The van der Waals surface area contributed by atoms with Gasteiger partial charge < -0.3 is 4.74 Å². The first-order chi connectivity index (χ1) is 8.15. The van der Waals surface area contributed by atoms with Gasteiger partial charge in [-0.1, -0.05) is 11.8 Å². The second-order valence-electron chi connectivity index (χ2n) is 3.52. The quantitative estimate of drug-likeness (QED) is 0.387. The van der Waals surface area contributed by atoms with Gasteiger partial charge in [-0.25, -0.2) is 4.99 Å². The number of amidine groups is 1. The molecule has 4 nitrogen and oxygen atoms in total. The number of aliphatic imine (C=N–C) groups is 1. The molecule has 0 aromatic heterocycles. The summed E-state index contributed by atoms with van der Waals surface area (Å²) in [5.74, 6) is 0.817. The lowest BCUT2D eigenvalue weighted by atomic mass is 10.3. The van der Waals surface area contributed by atoms with Crippen molar-refractivity contribution in [3.63, 3.8) is 0 Å². The van der Waals surface area contributed by atoms with Crippen LogP contribution >= 0.6 is 11.8 Å². The Labute approximate surface area is 106 Å². The van der Waals surface area contributed by atoms with Gasteiger partial charge in [0.25, 0.3) is 0 Å². The van der Waals surface area contributed by atoms with Crippen molar-refractivity contribution in [3.8, 4) is 11.9 Å². The molecule has 0 amide bonds. The van der Waals surface area contributed by atoms with Crippen molar-refractivity contribution in [3.05, 3.63) is 24.3 Å². The van der Waals surface area contributed by atoms with E-state index in [1.165, 1.54) is 11.8 Å². The van der Waals surface area contributed by atoms with Gasteiger partial charge in [0.05, 0.1) is 11.8 Å². The van der Waals surface area contributed by atoms with E-state index in [0.29, 0.717) is 5.17 Å². The third-order valence-electron chi connectivity index (χ3n) is 1.80. The van der Waals surface area contributed by atoms with Gasteiger partial charge in [-0.3, -0.25) is 5.32 Å². The Morgan fingerprint density at radius 3 is 2.53 bits per heavy atom. The fourth-order valence-electron chi connectivity index (χ4n) is 1.16. The number of hydrogen-bond donors (Lipinski definition) is 1. The Kier molecular flexibility index (Phi) is 5.37. The molecule has 5 heteroatoms. The number of rotatable bonds is 3. The number of ether oxygens (including phenoxy) is 1. The minimum atomic E-state index is 0.159. The van der Waals surface area contributed by atoms with E-state index in [1.807, 2.05) is 50.6 Å². The molecule has 1 aromatic rings. The highest BCUT2D eigenvalue weighted by Crippen LogP contribution is 2.19. The molecule has 0 aliphatic rings. The van der Waals surface area contributed by atoms with Crippen LogP contribution in [-0.4, -0.2) is 17.5 Å². The smallest absolute Gasteiger partial charge is 0.183 e. The molecule has 0 heterocycles. The van der Waals surface area contributed by atoms with Gasteiger partial charge in [-0.05, 0) is 44.4 Å². The Morgan fingerprint density at radius 2 is 2.06 bits per heavy atom. The summed E-state index contributed by atoms with van der Waals surface area (Å²) in [5.41, 5.74) is 0.785. The zero-order valence-electron chi connectivity index (χ0n) is 10.1. The van der Waals surface area contributed by atoms with Crippen LogP contribution in [0.3, 0.4) is 0 Å². The molecule has 1 N–H and O–H groups in total. The molecular formula is C12H15N3OS. The monoisotopic (exact) mass is 249 g/mol. The van der Waals surface area contributed by atoms with Crippen LogP contribution in [0.15, 0.2) is 29.3 Å². The fourth-order valence-corrected chi connectivity index (χ4v) is 1.51. The molecule has 0 atom stereocenters. The lowest BCUT2D eigenvalue weighted by Crippen LogP contribution is -2.12. The molecule has 0 saturated carbocycles. The summed E-state index contributed by atoms with van der Waals surface area (Å²) in [6, 6.07) is 7.44. The van der Waals surface area contributed by atoms with E-state index in [9.17, 15) is 0 Å². The van der Waals surface area contributed by atoms with E-state index >= 15 is 0 Å². The normalized spacial score (nSPS) is 11.1. The third-order valence-corrected chi connectivity index (χ3v) is 2.38. The molecule has 0 aliphatic heterocycles. The molecule has 0 fully saturated rings. The van der Waals surface area contributed by atoms with Gasteiger partial charge in [0.2, 0.25) is 0 Å². The fraction of sp³-hybridized carbons (Fsp3) is 0.333. The average molecular weight is 249 g/mol. The largest absolute Gasteiger partial charge is 0.491 e. The van der Waals surface area contributed by atoms with E-state index < -0.39 is 0 Å². The van der Waals surface area contributed by atoms with Crippen molar-refractivity contribution < 1.29 is 4.74 Å². The minimum absolute atomic E-state index is 0.159. The molecule has 0 bridgehead atoms. The van der Waals surface area contributed by atoms with Crippen LogP contribution < -0.4 is 10.1 Å². The maximum Gasteiger partial charge on any atom is 0.183 e. The average Bonchev–Trinajstić information content (AvgIpc) is 2.30. The van der Waals surface area contributed by atoms with Crippen molar-refractivity contribution in [1.82, 2.24) is 5.32 Å². The highest BCUT2D eigenvalue weighted by atomic mass is 32.2. The molecule has 0 saturated heterocycles. The first-order valence-corrected chi connectivity index (χ1v) is 6.42. The third kappa shape index (κ3) is 4.79. The topological polar surface area (TPSA) is 57.4 Å². The van der Waals surface area contributed by atoms with E-state index in [-0.39, 0.29) is 6.10 Å². The maximum absolute atomic E-state index is 8.51. The van der Waals surface area contributed by atoms with Gasteiger partial charge in [-0.15, -0.1) is 0 Å². The van der Waals surface area contributed by atoms with Crippen molar-refractivity contribution in [2.24, 2.45) is 4.99 Å². The number of nitrogens with one attached hydrogen (secondary N) is 1. The standard InChI is InChI=1S/C12H15N3OS/c1-9(2)16-11-6-4-10(5-7-11)15-12(17-3)14-8-13/h4-7,9H,1-3H3,(H,14,15). The zero-order valence-corrected chi connectivity index (χ0v) is 10.9. The molecule has 0 radical (unpaired) electrons. The van der Waals surface area contributed by atoms with Crippen LogP contribution in [0, 0.1) is 11.5 Å². The number of nitriles is 1. The first kappa shape index (κ1) is 13.4. The molecule has 0 aliphatic carbocycles. The van der Waals surface area contributed by atoms with Gasteiger partial charge in [0, 0.05) is 0 Å². The minimum Gasteiger partial charge on any atom is -0.491 e. The molecule has 0 unspecified atom stereocenters. The second-order valence-corrected chi connectivity index (χ2v) is 4.31. The molecular weight excluding hydrogens is 234 g/mol. The van der Waals surface area contributed by atoms with E-state index in [2.05, 4.69) is 10.3 Å². The number of benzene rings is 1. The van der Waals surface area contributed by atoms with Crippen molar-refractivity contribution in [2.45, 2.75) is 20.0 Å². The molecule has 0 spiro atoms. The van der Waals surface area contributed by atoms with Crippen molar-refractivity contribution >= 4 is 22.6 Å². The van der Waals surface area contributed by atoms with Crippen LogP contribution in [0.4, 0.5) is 5.69 Å². The van der Waals surface area contributed by atoms with Crippen LogP contribution in [0.25, 0.3) is 0 Å². The zero-order chi connectivity index (χ0) is 12.7. The van der Waals surface area contributed by atoms with Crippen LogP contribution in [0.2, 0.25) is 0 Å². The summed E-state index contributed by atoms with van der Waals surface area (Å²) in [6.07, 6.45) is 3.87. The molecule has 17 heavy (non-hydrogen) atoms.